The molecule has 0 N–H and O–H groups in total. The van der Waals surface area contributed by atoms with Crippen LogP contribution in [0.15, 0.2) is 53.4 Å². The summed E-state index contributed by atoms with van der Waals surface area (Å²) in [5, 5.41) is 0. The van der Waals surface area contributed by atoms with Crippen molar-refractivity contribution in [2.75, 3.05) is 32.7 Å². The number of Topliss-reactive ketones (excluding diaryl/α,β-unsaturated/α-hetero) is 1. The highest BCUT2D eigenvalue weighted by Crippen LogP contribution is 2.18. The Bertz CT molecular complexity index is 872. The highest BCUT2D eigenvalue weighted by molar-refractivity contribution is 7.89. The molecule has 1 aliphatic heterocycles. The van der Waals surface area contributed by atoms with Crippen LogP contribution in [-0.2, 0) is 10.0 Å². The number of ketones is 1. The van der Waals surface area contributed by atoms with E-state index >= 15 is 0 Å². The molecule has 0 aliphatic carbocycles. The molecule has 0 spiro atoms. The van der Waals surface area contributed by atoms with Crippen molar-refractivity contribution in [3.63, 3.8) is 0 Å². The van der Waals surface area contributed by atoms with Crippen molar-refractivity contribution in [2.24, 2.45) is 0 Å². The smallest absolute Gasteiger partial charge is 0.243 e. The molecule has 0 saturated carbocycles. The molecule has 0 atom stereocenters. The van der Waals surface area contributed by atoms with Gasteiger partial charge in [-0.25, -0.2) is 12.8 Å². The number of piperazine rings is 1. The number of hydrogen-bond donors (Lipinski definition) is 0. The molecule has 7 heteroatoms. The second-order valence-electron chi connectivity index (χ2n) is 6.42. The van der Waals surface area contributed by atoms with Gasteiger partial charge in [0.05, 0.1) is 11.4 Å². The molecule has 0 bridgehead atoms. The van der Waals surface area contributed by atoms with Crippen molar-refractivity contribution in [1.82, 2.24) is 9.21 Å². The normalized spacial score (nSPS) is 16.5. The molecule has 1 aliphatic rings. The van der Waals surface area contributed by atoms with Crippen LogP contribution in [0.1, 0.15) is 15.9 Å². The minimum absolute atomic E-state index is 0.0974. The summed E-state index contributed by atoms with van der Waals surface area (Å²) in [4.78, 5) is 14.5. The molecule has 26 heavy (non-hydrogen) atoms. The molecule has 1 saturated heterocycles. The second kappa shape index (κ2) is 7.65. The Morgan fingerprint density at radius 2 is 1.54 bits per heavy atom. The molecule has 0 unspecified atom stereocenters. The first kappa shape index (κ1) is 18.7. The Hall–Kier alpha value is -2.09. The molecule has 3 rings (SSSR count). The van der Waals surface area contributed by atoms with Crippen LogP contribution in [0, 0.1) is 12.7 Å². The van der Waals surface area contributed by atoms with Gasteiger partial charge in [-0.15, -0.1) is 0 Å². The minimum Gasteiger partial charge on any atom is -0.293 e. The molecular weight excluding hydrogens is 355 g/mol. The maximum atomic E-state index is 12.9. The van der Waals surface area contributed by atoms with Gasteiger partial charge in [0.1, 0.15) is 5.82 Å². The van der Waals surface area contributed by atoms with Crippen molar-refractivity contribution in [1.29, 1.82) is 0 Å². The van der Waals surface area contributed by atoms with Crippen LogP contribution in [0.3, 0.4) is 0 Å². The SMILES string of the molecule is Cc1ccc(S(=O)(=O)N2CCN(CC(=O)c3ccc(F)cc3)CC2)cc1. The Labute approximate surface area is 153 Å². The van der Waals surface area contributed by atoms with E-state index in [9.17, 15) is 17.6 Å². The lowest BCUT2D eigenvalue weighted by Crippen LogP contribution is -2.49. The van der Waals surface area contributed by atoms with Gasteiger partial charge in [0, 0.05) is 31.7 Å². The fraction of sp³-hybridized carbons (Fsp3) is 0.316. The quantitative estimate of drug-likeness (QED) is 0.752. The number of nitrogens with zero attached hydrogens (tertiary/aromatic N) is 2. The average molecular weight is 376 g/mol. The lowest BCUT2D eigenvalue weighted by Gasteiger charge is -2.33. The first-order valence-electron chi connectivity index (χ1n) is 8.44. The third-order valence-corrected chi connectivity index (χ3v) is 6.44. The number of carbonyl (C=O) groups is 1. The van der Waals surface area contributed by atoms with Crippen LogP contribution in [0.2, 0.25) is 0 Å². The average Bonchev–Trinajstić information content (AvgIpc) is 2.63. The topological polar surface area (TPSA) is 57.7 Å². The number of aryl methyl sites for hydroxylation is 1. The predicted molar refractivity (Wildman–Crippen MR) is 97.1 cm³/mol. The molecule has 0 aromatic heterocycles. The Morgan fingerprint density at radius 3 is 2.12 bits per heavy atom. The van der Waals surface area contributed by atoms with Gasteiger partial charge in [-0.2, -0.15) is 4.31 Å². The fourth-order valence-electron chi connectivity index (χ4n) is 2.92. The van der Waals surface area contributed by atoms with Gasteiger partial charge in [0.15, 0.2) is 5.78 Å². The summed E-state index contributed by atoms with van der Waals surface area (Å²) in [6.07, 6.45) is 0. The molecule has 1 heterocycles. The molecule has 0 radical (unpaired) electrons. The van der Waals surface area contributed by atoms with E-state index < -0.39 is 10.0 Å². The van der Waals surface area contributed by atoms with Crippen LogP contribution < -0.4 is 0 Å². The number of hydrogen-bond acceptors (Lipinski definition) is 4. The summed E-state index contributed by atoms with van der Waals surface area (Å²) in [7, 11) is -3.51. The van der Waals surface area contributed by atoms with Crippen LogP contribution >= 0.6 is 0 Å². The maximum absolute atomic E-state index is 12.9. The summed E-state index contributed by atoms with van der Waals surface area (Å²) in [5.74, 6) is -0.476. The van der Waals surface area contributed by atoms with Crippen molar-refractivity contribution in [2.45, 2.75) is 11.8 Å². The number of carbonyl (C=O) groups excluding carboxylic acids is 1. The zero-order valence-corrected chi connectivity index (χ0v) is 15.4. The number of benzene rings is 2. The highest BCUT2D eigenvalue weighted by atomic mass is 32.2. The standard InChI is InChI=1S/C19H21FN2O3S/c1-15-2-8-18(9-3-15)26(24,25)22-12-10-21(11-13-22)14-19(23)16-4-6-17(20)7-5-16/h2-9H,10-14H2,1H3. The lowest BCUT2D eigenvalue weighted by molar-refractivity contribution is 0.0901. The van der Waals surface area contributed by atoms with Gasteiger partial charge in [0.25, 0.3) is 0 Å². The summed E-state index contributed by atoms with van der Waals surface area (Å²) in [6, 6.07) is 12.3. The van der Waals surface area contributed by atoms with Crippen molar-refractivity contribution in [3.8, 4) is 0 Å². The van der Waals surface area contributed by atoms with Crippen LogP contribution in [0.4, 0.5) is 4.39 Å². The minimum atomic E-state index is -3.51. The van der Waals surface area contributed by atoms with E-state index in [2.05, 4.69) is 0 Å². The zero-order valence-electron chi connectivity index (χ0n) is 14.6. The molecule has 2 aromatic rings. The summed E-state index contributed by atoms with van der Waals surface area (Å²) < 4.78 is 39.8. The van der Waals surface area contributed by atoms with E-state index in [0.29, 0.717) is 36.6 Å². The van der Waals surface area contributed by atoms with Crippen molar-refractivity contribution < 1.29 is 17.6 Å². The van der Waals surface area contributed by atoms with Crippen LogP contribution in [0.5, 0.6) is 0 Å². The summed E-state index contributed by atoms with van der Waals surface area (Å²) >= 11 is 0. The first-order valence-corrected chi connectivity index (χ1v) is 9.88. The van der Waals surface area contributed by atoms with Crippen LogP contribution in [0.25, 0.3) is 0 Å². The number of halogens is 1. The van der Waals surface area contributed by atoms with Gasteiger partial charge in [0.2, 0.25) is 10.0 Å². The molecule has 2 aromatic carbocycles. The number of sulfonamides is 1. The summed E-state index contributed by atoms with van der Waals surface area (Å²) in [5.41, 5.74) is 1.47. The van der Waals surface area contributed by atoms with E-state index in [1.165, 1.54) is 28.6 Å². The second-order valence-corrected chi connectivity index (χ2v) is 8.36. The third kappa shape index (κ3) is 4.17. The van der Waals surface area contributed by atoms with Crippen LogP contribution in [-0.4, -0.2) is 56.1 Å². The van der Waals surface area contributed by atoms with E-state index in [1.807, 2.05) is 11.8 Å². The molecular formula is C19H21FN2O3S. The Morgan fingerprint density at radius 1 is 0.962 bits per heavy atom. The monoisotopic (exact) mass is 376 g/mol. The number of rotatable bonds is 5. The van der Waals surface area contributed by atoms with E-state index in [-0.39, 0.29) is 18.1 Å². The Kier molecular flexibility index (Phi) is 5.50. The largest absolute Gasteiger partial charge is 0.293 e. The fourth-order valence-corrected chi connectivity index (χ4v) is 4.34. The first-order chi connectivity index (χ1) is 12.4. The van der Waals surface area contributed by atoms with Gasteiger partial charge in [-0.1, -0.05) is 17.7 Å². The maximum Gasteiger partial charge on any atom is 0.243 e. The van der Waals surface area contributed by atoms with Gasteiger partial charge < -0.3 is 0 Å². The lowest BCUT2D eigenvalue weighted by atomic mass is 10.1. The van der Waals surface area contributed by atoms with Crippen molar-refractivity contribution >= 4 is 15.8 Å². The molecule has 138 valence electrons. The van der Waals surface area contributed by atoms with E-state index in [4.69, 9.17) is 0 Å². The van der Waals surface area contributed by atoms with Gasteiger partial charge >= 0.3 is 0 Å². The Balaban J connectivity index is 1.59. The van der Waals surface area contributed by atoms with Gasteiger partial charge in [-0.05, 0) is 43.3 Å². The van der Waals surface area contributed by atoms with E-state index in [0.717, 1.165) is 5.56 Å². The predicted octanol–water partition coefficient (Wildman–Crippen LogP) is 2.32. The van der Waals surface area contributed by atoms with E-state index in [1.54, 1.807) is 24.3 Å². The molecule has 0 amide bonds. The molecule has 5 nitrogen and oxygen atoms in total. The van der Waals surface area contributed by atoms with Crippen molar-refractivity contribution in [3.05, 3.63) is 65.5 Å². The van der Waals surface area contributed by atoms with Gasteiger partial charge in [-0.3, -0.25) is 9.69 Å². The third-order valence-electron chi connectivity index (χ3n) is 4.52. The highest BCUT2D eigenvalue weighted by Gasteiger charge is 2.29. The molecule has 1 fully saturated rings. The summed E-state index contributed by atoms with van der Waals surface area (Å²) in [6.45, 7) is 3.76. The zero-order chi connectivity index (χ0) is 18.7.